The van der Waals surface area contributed by atoms with Crippen LogP contribution in [0.25, 0.3) is 0 Å². The molecule has 0 aliphatic rings. The summed E-state index contributed by atoms with van der Waals surface area (Å²) in [5, 5.41) is 2.84. The molecule has 0 fully saturated rings. The minimum Gasteiger partial charge on any atom is -0.462 e. The Kier molecular flexibility index (Phi) is 6.37. The quantitative estimate of drug-likeness (QED) is 0.793. The lowest BCUT2D eigenvalue weighted by atomic mass is 10.2. The summed E-state index contributed by atoms with van der Waals surface area (Å²) in [6.45, 7) is 5.11. The molecule has 0 atom stereocenters. The van der Waals surface area contributed by atoms with Crippen molar-refractivity contribution in [1.82, 2.24) is 0 Å². The predicted octanol–water partition coefficient (Wildman–Crippen LogP) is 3.33. The number of nitrogens with one attached hydrogen (secondary N) is 1. The second-order valence-corrected chi connectivity index (χ2v) is 5.20. The molecule has 1 N–H and O–H groups in total. The van der Waals surface area contributed by atoms with Gasteiger partial charge in [-0.3, -0.25) is 4.79 Å². The largest absolute Gasteiger partial charge is 0.462 e. The van der Waals surface area contributed by atoms with Crippen LogP contribution in [-0.2, 0) is 9.53 Å². The molecule has 126 valence electrons. The van der Waals surface area contributed by atoms with Crippen LogP contribution in [0, 0.1) is 0 Å². The Morgan fingerprint density at radius 2 is 1.67 bits per heavy atom. The number of ether oxygens (including phenoxy) is 1. The first-order valence-electron chi connectivity index (χ1n) is 8.01. The number of para-hydroxylation sites is 1. The lowest BCUT2D eigenvalue weighted by Gasteiger charge is -2.22. The number of hydrogen-bond donors (Lipinski definition) is 1. The van der Waals surface area contributed by atoms with Crippen molar-refractivity contribution in [2.24, 2.45) is 0 Å². The van der Waals surface area contributed by atoms with E-state index < -0.39 is 0 Å². The number of hydrogen-bond acceptors (Lipinski definition) is 4. The second-order valence-electron chi connectivity index (χ2n) is 5.20. The van der Waals surface area contributed by atoms with Crippen LogP contribution in [0.1, 0.15) is 24.2 Å². The molecule has 2 aromatic rings. The van der Waals surface area contributed by atoms with Crippen LogP contribution in [-0.4, -0.2) is 31.6 Å². The molecule has 0 radical (unpaired) electrons. The Balaban J connectivity index is 1.95. The Morgan fingerprint density at radius 1 is 1.00 bits per heavy atom. The van der Waals surface area contributed by atoms with Gasteiger partial charge in [0, 0.05) is 17.9 Å². The van der Waals surface area contributed by atoms with Gasteiger partial charge in [-0.1, -0.05) is 18.2 Å². The average Bonchev–Trinajstić information content (AvgIpc) is 2.61. The minimum atomic E-state index is -0.364. The van der Waals surface area contributed by atoms with Gasteiger partial charge in [-0.05, 0) is 50.2 Å². The van der Waals surface area contributed by atoms with Crippen molar-refractivity contribution in [2.45, 2.75) is 13.8 Å². The number of rotatable bonds is 7. The summed E-state index contributed by atoms with van der Waals surface area (Å²) >= 11 is 0. The van der Waals surface area contributed by atoms with Gasteiger partial charge < -0.3 is 15.0 Å². The first kappa shape index (κ1) is 17.5. The maximum atomic E-state index is 12.2. The van der Waals surface area contributed by atoms with E-state index in [0.717, 1.165) is 12.2 Å². The van der Waals surface area contributed by atoms with Crippen molar-refractivity contribution in [3.05, 3.63) is 60.2 Å². The molecular formula is C19H22N2O3. The summed E-state index contributed by atoms with van der Waals surface area (Å²) in [7, 11) is 0. The van der Waals surface area contributed by atoms with Gasteiger partial charge in [0.2, 0.25) is 5.91 Å². The van der Waals surface area contributed by atoms with Crippen LogP contribution in [0.5, 0.6) is 0 Å². The fourth-order valence-electron chi connectivity index (χ4n) is 2.30. The molecule has 5 heteroatoms. The summed E-state index contributed by atoms with van der Waals surface area (Å²) in [5.41, 5.74) is 2.12. The van der Waals surface area contributed by atoms with Crippen molar-refractivity contribution in [2.75, 3.05) is 29.9 Å². The SMILES string of the molecule is CCOC(=O)c1ccc(NC(=O)CN(CC)c2ccccc2)cc1. The summed E-state index contributed by atoms with van der Waals surface area (Å²) in [6.07, 6.45) is 0. The molecule has 0 saturated heterocycles. The van der Waals surface area contributed by atoms with E-state index >= 15 is 0 Å². The molecule has 0 unspecified atom stereocenters. The molecule has 0 heterocycles. The van der Waals surface area contributed by atoms with E-state index in [1.165, 1.54) is 0 Å². The standard InChI is InChI=1S/C19H22N2O3/c1-3-21(17-8-6-5-7-9-17)14-18(22)20-16-12-10-15(11-13-16)19(23)24-4-2/h5-13H,3-4,14H2,1-2H3,(H,20,22). The lowest BCUT2D eigenvalue weighted by Crippen LogP contribution is -2.33. The number of anilines is 2. The highest BCUT2D eigenvalue weighted by atomic mass is 16.5. The molecule has 5 nitrogen and oxygen atoms in total. The van der Waals surface area contributed by atoms with Gasteiger partial charge in [0.05, 0.1) is 18.7 Å². The molecule has 2 rings (SSSR count). The molecule has 0 aromatic heterocycles. The minimum absolute atomic E-state index is 0.107. The van der Waals surface area contributed by atoms with Gasteiger partial charge in [-0.25, -0.2) is 4.79 Å². The fourth-order valence-corrected chi connectivity index (χ4v) is 2.30. The first-order valence-corrected chi connectivity index (χ1v) is 8.01. The maximum Gasteiger partial charge on any atom is 0.338 e. The fraction of sp³-hybridized carbons (Fsp3) is 0.263. The highest BCUT2D eigenvalue weighted by Gasteiger charge is 2.11. The Bertz CT molecular complexity index is 669. The third-order valence-electron chi connectivity index (χ3n) is 3.52. The molecule has 0 spiro atoms. The van der Waals surface area contributed by atoms with Crippen molar-refractivity contribution < 1.29 is 14.3 Å². The topological polar surface area (TPSA) is 58.6 Å². The van der Waals surface area contributed by atoms with E-state index in [2.05, 4.69) is 5.32 Å². The van der Waals surface area contributed by atoms with E-state index in [1.807, 2.05) is 42.2 Å². The summed E-state index contributed by atoms with van der Waals surface area (Å²) in [5.74, 6) is -0.471. The molecule has 2 aromatic carbocycles. The lowest BCUT2D eigenvalue weighted by molar-refractivity contribution is -0.115. The molecular weight excluding hydrogens is 304 g/mol. The van der Waals surface area contributed by atoms with E-state index in [1.54, 1.807) is 31.2 Å². The van der Waals surface area contributed by atoms with Crippen LogP contribution in [0.4, 0.5) is 11.4 Å². The zero-order valence-corrected chi connectivity index (χ0v) is 14.0. The smallest absolute Gasteiger partial charge is 0.338 e. The zero-order valence-electron chi connectivity index (χ0n) is 14.0. The molecule has 24 heavy (non-hydrogen) atoms. The van der Waals surface area contributed by atoms with Crippen molar-refractivity contribution >= 4 is 23.3 Å². The molecule has 0 saturated carbocycles. The van der Waals surface area contributed by atoms with Crippen LogP contribution in [0.3, 0.4) is 0 Å². The third-order valence-corrected chi connectivity index (χ3v) is 3.52. The van der Waals surface area contributed by atoms with Crippen molar-refractivity contribution in [3.8, 4) is 0 Å². The highest BCUT2D eigenvalue weighted by molar-refractivity contribution is 5.95. The van der Waals surface area contributed by atoms with E-state index in [-0.39, 0.29) is 18.4 Å². The maximum absolute atomic E-state index is 12.2. The van der Waals surface area contributed by atoms with Crippen molar-refractivity contribution in [3.63, 3.8) is 0 Å². The zero-order chi connectivity index (χ0) is 17.4. The Hall–Kier alpha value is -2.82. The van der Waals surface area contributed by atoms with E-state index in [0.29, 0.717) is 17.9 Å². The normalized spacial score (nSPS) is 10.1. The Morgan fingerprint density at radius 3 is 2.25 bits per heavy atom. The number of benzene rings is 2. The van der Waals surface area contributed by atoms with E-state index in [9.17, 15) is 9.59 Å². The highest BCUT2D eigenvalue weighted by Crippen LogP contribution is 2.14. The molecule has 0 aliphatic carbocycles. The van der Waals surface area contributed by atoms with Gasteiger partial charge >= 0.3 is 5.97 Å². The number of carbonyl (C=O) groups excluding carboxylic acids is 2. The van der Waals surface area contributed by atoms with Crippen LogP contribution in [0.2, 0.25) is 0 Å². The summed E-state index contributed by atoms with van der Waals surface area (Å²) < 4.78 is 4.93. The van der Waals surface area contributed by atoms with Crippen LogP contribution >= 0.6 is 0 Å². The van der Waals surface area contributed by atoms with Gasteiger partial charge in [0.1, 0.15) is 0 Å². The molecule has 0 bridgehead atoms. The number of amides is 1. The number of likely N-dealkylation sites (N-methyl/N-ethyl adjacent to an activating group) is 1. The monoisotopic (exact) mass is 326 g/mol. The first-order chi connectivity index (χ1) is 11.6. The second kappa shape index (κ2) is 8.72. The Labute approximate surface area is 142 Å². The predicted molar refractivity (Wildman–Crippen MR) is 95.4 cm³/mol. The van der Waals surface area contributed by atoms with Crippen LogP contribution in [0.15, 0.2) is 54.6 Å². The molecule has 0 aliphatic heterocycles. The number of carbonyl (C=O) groups is 2. The number of nitrogens with zero attached hydrogens (tertiary/aromatic N) is 1. The molecule has 1 amide bonds. The number of esters is 1. The average molecular weight is 326 g/mol. The van der Waals surface area contributed by atoms with Gasteiger partial charge in [-0.15, -0.1) is 0 Å². The van der Waals surface area contributed by atoms with Gasteiger partial charge in [-0.2, -0.15) is 0 Å². The van der Waals surface area contributed by atoms with Gasteiger partial charge in [0.15, 0.2) is 0 Å². The summed E-state index contributed by atoms with van der Waals surface area (Å²) in [4.78, 5) is 25.8. The van der Waals surface area contributed by atoms with Crippen molar-refractivity contribution in [1.29, 1.82) is 0 Å². The van der Waals surface area contributed by atoms with E-state index in [4.69, 9.17) is 4.74 Å². The summed E-state index contributed by atoms with van der Waals surface area (Å²) in [6, 6.07) is 16.5. The third kappa shape index (κ3) is 4.84. The van der Waals surface area contributed by atoms with Crippen LogP contribution < -0.4 is 10.2 Å². The van der Waals surface area contributed by atoms with Gasteiger partial charge in [0.25, 0.3) is 0 Å².